The van der Waals surface area contributed by atoms with E-state index >= 15 is 0 Å². The lowest BCUT2D eigenvalue weighted by Crippen LogP contribution is -2.29. The number of pyridine rings is 2. The highest BCUT2D eigenvalue weighted by molar-refractivity contribution is 5.70. The van der Waals surface area contributed by atoms with Gasteiger partial charge in [-0.15, -0.1) is 0 Å². The van der Waals surface area contributed by atoms with Crippen molar-refractivity contribution in [2.24, 2.45) is 7.05 Å². The number of anilines is 1. The molecule has 1 aliphatic rings. The van der Waals surface area contributed by atoms with Gasteiger partial charge in [0.2, 0.25) is 0 Å². The van der Waals surface area contributed by atoms with Crippen molar-refractivity contribution in [1.29, 1.82) is 0 Å². The predicted molar refractivity (Wildman–Crippen MR) is 115 cm³/mol. The lowest BCUT2D eigenvalue weighted by molar-refractivity contribution is 0.124. The average Bonchev–Trinajstić information content (AvgIpc) is 3.34. The molecule has 4 aromatic heterocycles. The molecule has 0 aliphatic heterocycles. The molecule has 2 atom stereocenters. The molecule has 1 saturated carbocycles. The van der Waals surface area contributed by atoms with Crippen LogP contribution in [0.1, 0.15) is 25.7 Å². The van der Waals surface area contributed by atoms with Crippen LogP contribution in [0.3, 0.4) is 0 Å². The van der Waals surface area contributed by atoms with Gasteiger partial charge in [0.15, 0.2) is 0 Å². The summed E-state index contributed by atoms with van der Waals surface area (Å²) in [5.74, 6) is 0. The van der Waals surface area contributed by atoms with Gasteiger partial charge in [0.25, 0.3) is 0 Å². The fourth-order valence-corrected chi connectivity index (χ4v) is 4.27. The number of rotatable bonds is 4. The van der Waals surface area contributed by atoms with Crippen LogP contribution in [-0.4, -0.2) is 36.2 Å². The maximum absolute atomic E-state index is 9.95. The summed E-state index contributed by atoms with van der Waals surface area (Å²) in [5.41, 5.74) is 6.09. The van der Waals surface area contributed by atoms with Gasteiger partial charge in [-0.2, -0.15) is 0 Å². The Kier molecular flexibility index (Phi) is 4.56. The Balaban J connectivity index is 1.48. The minimum Gasteiger partial charge on any atom is -0.393 e. The quantitative estimate of drug-likeness (QED) is 0.553. The van der Waals surface area contributed by atoms with E-state index in [-0.39, 0.29) is 6.10 Å². The minimum atomic E-state index is -0.193. The van der Waals surface area contributed by atoms with Crippen LogP contribution in [0.2, 0.25) is 0 Å². The summed E-state index contributed by atoms with van der Waals surface area (Å²) < 4.78 is 4.19. The first-order valence-corrected chi connectivity index (χ1v) is 10.2. The van der Waals surface area contributed by atoms with Gasteiger partial charge in [-0.3, -0.25) is 9.38 Å². The number of fused-ring (bicyclic) bond motifs is 1. The van der Waals surface area contributed by atoms with Gasteiger partial charge in [0.05, 0.1) is 35.1 Å². The number of hydrogen-bond donors (Lipinski definition) is 2. The van der Waals surface area contributed by atoms with Gasteiger partial charge in [0, 0.05) is 37.2 Å². The Labute approximate surface area is 169 Å². The number of nitrogens with zero attached hydrogens (tertiary/aromatic N) is 4. The minimum absolute atomic E-state index is 0.193. The van der Waals surface area contributed by atoms with Crippen LogP contribution in [0.4, 0.5) is 5.69 Å². The summed E-state index contributed by atoms with van der Waals surface area (Å²) in [6.45, 7) is 0. The second kappa shape index (κ2) is 7.37. The number of aryl methyl sites for hydroxylation is 1. The highest BCUT2D eigenvalue weighted by Gasteiger charge is 2.20. The summed E-state index contributed by atoms with van der Waals surface area (Å²) in [6.07, 6.45) is 11.6. The van der Waals surface area contributed by atoms with Gasteiger partial charge >= 0.3 is 0 Å². The number of aliphatic hydroxyl groups excluding tert-OH is 1. The van der Waals surface area contributed by atoms with Crippen LogP contribution < -0.4 is 5.32 Å². The Morgan fingerprint density at radius 3 is 2.86 bits per heavy atom. The molecular weight excluding hydrogens is 362 g/mol. The summed E-state index contributed by atoms with van der Waals surface area (Å²) in [4.78, 5) is 9.12. The Hall–Kier alpha value is -3.12. The van der Waals surface area contributed by atoms with Crippen LogP contribution in [0.25, 0.3) is 28.3 Å². The van der Waals surface area contributed by atoms with Gasteiger partial charge in [-0.25, -0.2) is 4.98 Å². The molecule has 0 radical (unpaired) electrons. The van der Waals surface area contributed by atoms with Crippen molar-refractivity contribution in [3.8, 4) is 22.6 Å². The largest absolute Gasteiger partial charge is 0.393 e. The summed E-state index contributed by atoms with van der Waals surface area (Å²) in [5, 5.41) is 13.5. The van der Waals surface area contributed by atoms with Gasteiger partial charge in [0.1, 0.15) is 5.65 Å². The van der Waals surface area contributed by atoms with E-state index in [0.29, 0.717) is 6.04 Å². The van der Waals surface area contributed by atoms with Crippen LogP contribution in [0, 0.1) is 0 Å². The molecule has 4 aromatic rings. The number of aromatic nitrogens is 4. The van der Waals surface area contributed by atoms with Crippen LogP contribution in [0.15, 0.2) is 61.2 Å². The van der Waals surface area contributed by atoms with Crippen molar-refractivity contribution >= 4 is 11.3 Å². The first-order valence-electron chi connectivity index (χ1n) is 10.2. The Morgan fingerprint density at radius 2 is 2.03 bits per heavy atom. The molecule has 6 nitrogen and oxygen atoms in total. The number of nitrogens with one attached hydrogen (secondary N) is 1. The molecule has 29 heavy (non-hydrogen) atoms. The molecule has 2 N–H and O–H groups in total. The lowest BCUT2D eigenvalue weighted by atomic mass is 9.93. The molecule has 5 rings (SSSR count). The fourth-order valence-electron chi connectivity index (χ4n) is 4.27. The maximum atomic E-state index is 9.95. The molecule has 1 fully saturated rings. The topological polar surface area (TPSA) is 67.4 Å². The fraction of sp³-hybridized carbons (Fsp3) is 0.304. The molecule has 0 saturated heterocycles. The molecule has 0 aromatic carbocycles. The second-order valence-electron chi connectivity index (χ2n) is 7.89. The van der Waals surface area contributed by atoms with Crippen molar-refractivity contribution in [3.05, 3.63) is 61.2 Å². The van der Waals surface area contributed by atoms with Crippen LogP contribution in [-0.2, 0) is 7.05 Å². The predicted octanol–water partition coefficient (Wildman–Crippen LogP) is 4.12. The lowest BCUT2D eigenvalue weighted by Gasteiger charge is -2.27. The summed E-state index contributed by atoms with van der Waals surface area (Å²) >= 11 is 0. The first kappa shape index (κ1) is 17.9. The zero-order chi connectivity index (χ0) is 19.8. The van der Waals surface area contributed by atoms with E-state index in [1.165, 1.54) is 0 Å². The third-order valence-corrected chi connectivity index (χ3v) is 5.78. The highest BCUT2D eigenvalue weighted by Crippen LogP contribution is 2.27. The molecule has 1 aliphatic carbocycles. The molecule has 0 bridgehead atoms. The van der Waals surface area contributed by atoms with E-state index in [4.69, 9.17) is 0 Å². The van der Waals surface area contributed by atoms with Crippen LogP contribution >= 0.6 is 0 Å². The second-order valence-corrected chi connectivity index (χ2v) is 7.89. The van der Waals surface area contributed by atoms with Crippen LogP contribution in [0.5, 0.6) is 0 Å². The Bertz CT molecular complexity index is 1150. The van der Waals surface area contributed by atoms with Crippen molar-refractivity contribution in [2.75, 3.05) is 5.32 Å². The molecule has 4 heterocycles. The standard InChI is InChI=1S/C23H25N5O/c1-27-11-3-6-21(27)20-12-16(9-10-24-20)22-14-25-23-8-7-18(15-28(22)23)26-17-4-2-5-19(29)13-17/h3,6-12,14-15,17,19,26,29H,2,4-5,13H2,1H3. The normalized spacial score (nSPS) is 19.5. The number of aliphatic hydroxyl groups is 1. The van der Waals surface area contributed by atoms with Crippen molar-refractivity contribution in [2.45, 2.75) is 37.8 Å². The van der Waals surface area contributed by atoms with E-state index in [1.54, 1.807) is 0 Å². The third kappa shape index (κ3) is 3.51. The zero-order valence-corrected chi connectivity index (χ0v) is 16.5. The zero-order valence-electron chi connectivity index (χ0n) is 16.5. The van der Waals surface area contributed by atoms with E-state index in [0.717, 1.165) is 59.7 Å². The van der Waals surface area contributed by atoms with Gasteiger partial charge in [-0.1, -0.05) is 0 Å². The number of imidazole rings is 1. The third-order valence-electron chi connectivity index (χ3n) is 5.78. The van der Waals surface area contributed by atoms with E-state index < -0.39 is 0 Å². The van der Waals surface area contributed by atoms with Crippen molar-refractivity contribution < 1.29 is 5.11 Å². The number of hydrogen-bond acceptors (Lipinski definition) is 4. The average molecular weight is 387 g/mol. The summed E-state index contributed by atoms with van der Waals surface area (Å²) in [7, 11) is 2.03. The molecule has 0 amide bonds. The maximum Gasteiger partial charge on any atom is 0.137 e. The molecule has 148 valence electrons. The van der Waals surface area contributed by atoms with Crippen molar-refractivity contribution in [1.82, 2.24) is 18.9 Å². The first-order chi connectivity index (χ1) is 14.2. The molecular formula is C23H25N5O. The molecule has 6 heteroatoms. The highest BCUT2D eigenvalue weighted by atomic mass is 16.3. The Morgan fingerprint density at radius 1 is 1.10 bits per heavy atom. The summed E-state index contributed by atoms with van der Waals surface area (Å²) in [6, 6.07) is 12.6. The van der Waals surface area contributed by atoms with E-state index in [2.05, 4.69) is 48.6 Å². The smallest absolute Gasteiger partial charge is 0.137 e. The van der Waals surface area contributed by atoms with Crippen molar-refractivity contribution in [3.63, 3.8) is 0 Å². The van der Waals surface area contributed by atoms with Gasteiger partial charge < -0.3 is 15.0 Å². The van der Waals surface area contributed by atoms with E-state index in [1.807, 2.05) is 43.8 Å². The molecule has 0 spiro atoms. The van der Waals surface area contributed by atoms with E-state index in [9.17, 15) is 5.11 Å². The SMILES string of the molecule is Cn1cccc1-c1cc(-c2cnc3ccc(NC4CCCC(O)C4)cn23)ccn1. The van der Waals surface area contributed by atoms with Gasteiger partial charge in [-0.05, 0) is 62.1 Å². The monoisotopic (exact) mass is 387 g/mol. The molecule has 2 unspecified atom stereocenters.